The van der Waals surface area contributed by atoms with Gasteiger partial charge in [-0.1, -0.05) is 23.4 Å². The van der Waals surface area contributed by atoms with E-state index in [0.717, 1.165) is 54.5 Å². The third kappa shape index (κ3) is 5.88. The number of aryl methyl sites for hydroxylation is 3. The number of nitrogens with one attached hydrogen (secondary N) is 1. The van der Waals surface area contributed by atoms with Crippen molar-refractivity contribution in [2.75, 3.05) is 6.54 Å². The summed E-state index contributed by atoms with van der Waals surface area (Å²) < 4.78 is 43.2. The zero-order chi connectivity index (χ0) is 18.4. The van der Waals surface area contributed by atoms with Crippen molar-refractivity contribution < 1.29 is 17.7 Å². The van der Waals surface area contributed by atoms with Crippen molar-refractivity contribution in [2.45, 2.75) is 58.7 Å². The summed E-state index contributed by atoms with van der Waals surface area (Å²) in [5, 5.41) is 7.40. The Balaban J connectivity index is 1.70. The number of unbranched alkanes of at least 4 members (excludes halogenated alkanes) is 1. The molecule has 1 aromatic carbocycles. The number of aromatic nitrogens is 1. The first-order chi connectivity index (χ1) is 11.8. The Labute approximate surface area is 146 Å². The second-order valence-corrected chi connectivity index (χ2v) is 6.52. The molecule has 1 aromatic heterocycles. The van der Waals surface area contributed by atoms with E-state index in [1.54, 1.807) is 6.07 Å². The molecule has 0 unspecified atom stereocenters. The fraction of sp³-hybridized carbons (Fsp3) is 0.526. The molecule has 0 saturated heterocycles. The van der Waals surface area contributed by atoms with Crippen LogP contribution in [-0.4, -0.2) is 17.7 Å². The van der Waals surface area contributed by atoms with E-state index in [4.69, 9.17) is 4.52 Å². The molecule has 2 aromatic rings. The van der Waals surface area contributed by atoms with E-state index in [9.17, 15) is 13.2 Å². The van der Waals surface area contributed by atoms with Gasteiger partial charge in [-0.25, -0.2) is 0 Å². The van der Waals surface area contributed by atoms with Gasteiger partial charge < -0.3 is 9.84 Å². The Morgan fingerprint density at radius 3 is 2.60 bits per heavy atom. The topological polar surface area (TPSA) is 38.1 Å². The van der Waals surface area contributed by atoms with Gasteiger partial charge >= 0.3 is 6.18 Å². The number of hydrogen-bond donors (Lipinski definition) is 1. The fourth-order valence-corrected chi connectivity index (χ4v) is 2.88. The van der Waals surface area contributed by atoms with E-state index in [-0.39, 0.29) is 0 Å². The number of alkyl halides is 3. The molecule has 0 fully saturated rings. The van der Waals surface area contributed by atoms with Crippen LogP contribution in [0, 0.1) is 13.8 Å². The molecule has 25 heavy (non-hydrogen) atoms. The zero-order valence-corrected chi connectivity index (χ0v) is 14.9. The third-order valence-corrected chi connectivity index (χ3v) is 4.33. The summed E-state index contributed by atoms with van der Waals surface area (Å²) in [6.07, 6.45) is -0.988. The van der Waals surface area contributed by atoms with E-state index in [0.29, 0.717) is 12.5 Å². The first-order valence-corrected chi connectivity index (χ1v) is 8.58. The van der Waals surface area contributed by atoms with Crippen LogP contribution in [-0.2, 0) is 19.0 Å². The number of benzene rings is 1. The highest BCUT2D eigenvalue weighted by Gasteiger charge is 2.30. The average Bonchev–Trinajstić information content (AvgIpc) is 2.86. The summed E-state index contributed by atoms with van der Waals surface area (Å²) in [6, 6.07) is 5.88. The van der Waals surface area contributed by atoms with Gasteiger partial charge in [-0.3, -0.25) is 0 Å². The quantitative estimate of drug-likeness (QED) is 0.689. The second kappa shape index (κ2) is 8.52. The van der Waals surface area contributed by atoms with Crippen molar-refractivity contribution in [3.8, 4) is 0 Å². The van der Waals surface area contributed by atoms with Crippen LogP contribution in [0.2, 0.25) is 0 Å². The predicted octanol–water partition coefficient (Wildman–Crippen LogP) is 4.85. The van der Waals surface area contributed by atoms with E-state index in [1.807, 2.05) is 13.8 Å². The lowest BCUT2D eigenvalue weighted by Gasteiger charge is -2.13. The van der Waals surface area contributed by atoms with Crippen LogP contribution in [0.5, 0.6) is 0 Å². The van der Waals surface area contributed by atoms with Crippen LogP contribution in [0.25, 0.3) is 0 Å². The van der Waals surface area contributed by atoms with Crippen molar-refractivity contribution in [1.29, 1.82) is 0 Å². The minimum absolute atomic E-state index is 0.297. The van der Waals surface area contributed by atoms with Crippen LogP contribution in [0.4, 0.5) is 13.2 Å². The van der Waals surface area contributed by atoms with Gasteiger partial charge in [-0.05, 0) is 64.6 Å². The minimum Gasteiger partial charge on any atom is -0.361 e. The number of nitrogens with zero attached hydrogens (tertiary/aromatic N) is 1. The first-order valence-electron chi connectivity index (χ1n) is 8.58. The average molecular weight is 354 g/mol. The largest absolute Gasteiger partial charge is 0.416 e. The maximum Gasteiger partial charge on any atom is 0.416 e. The molecular weight excluding hydrogens is 329 g/mol. The molecule has 1 N–H and O–H groups in total. The van der Waals surface area contributed by atoms with Crippen molar-refractivity contribution >= 4 is 0 Å². The lowest BCUT2D eigenvalue weighted by atomic mass is 10.0. The Morgan fingerprint density at radius 2 is 1.96 bits per heavy atom. The minimum atomic E-state index is -4.27. The van der Waals surface area contributed by atoms with Gasteiger partial charge in [0.25, 0.3) is 0 Å². The molecule has 0 aliphatic rings. The molecule has 138 valence electrons. The highest BCUT2D eigenvalue weighted by atomic mass is 19.4. The summed E-state index contributed by atoms with van der Waals surface area (Å²) in [5.74, 6) is 0.857. The third-order valence-electron chi connectivity index (χ3n) is 4.33. The molecule has 3 nitrogen and oxygen atoms in total. The zero-order valence-electron chi connectivity index (χ0n) is 14.9. The van der Waals surface area contributed by atoms with E-state index in [2.05, 4.69) is 17.4 Å². The van der Waals surface area contributed by atoms with Gasteiger partial charge in [0.15, 0.2) is 0 Å². The molecule has 0 radical (unpaired) electrons. The Hall–Kier alpha value is -1.82. The van der Waals surface area contributed by atoms with Crippen LogP contribution >= 0.6 is 0 Å². The normalized spacial score (nSPS) is 13.2. The van der Waals surface area contributed by atoms with Crippen LogP contribution < -0.4 is 5.32 Å². The molecule has 1 atom stereocenters. The van der Waals surface area contributed by atoms with E-state index < -0.39 is 11.7 Å². The monoisotopic (exact) mass is 354 g/mol. The first kappa shape index (κ1) is 19.5. The standard InChI is InChI=1S/C19H25F3N2O/c1-13(11-18-14(2)24-25-15(18)3)23-10-5-4-7-16-8-6-9-17(12-16)19(20,21)22/h6,8-9,12-13,23H,4-5,7,10-11H2,1-3H3/t13-/m0/s1. The lowest BCUT2D eigenvalue weighted by molar-refractivity contribution is -0.137. The summed E-state index contributed by atoms with van der Waals surface area (Å²) in [4.78, 5) is 0. The SMILES string of the molecule is Cc1noc(C)c1C[C@H](C)NCCCCc1cccc(C(F)(F)F)c1. The molecule has 0 aliphatic carbocycles. The Morgan fingerprint density at radius 1 is 1.20 bits per heavy atom. The van der Waals surface area contributed by atoms with E-state index >= 15 is 0 Å². The molecule has 6 heteroatoms. The Bertz CT molecular complexity index is 660. The molecule has 2 rings (SSSR count). The maximum absolute atomic E-state index is 12.7. The van der Waals surface area contributed by atoms with Crippen LogP contribution in [0.15, 0.2) is 28.8 Å². The lowest BCUT2D eigenvalue weighted by Crippen LogP contribution is -2.29. The Kier molecular flexibility index (Phi) is 6.64. The van der Waals surface area contributed by atoms with Crippen LogP contribution in [0.1, 0.15) is 47.9 Å². The molecule has 0 amide bonds. The summed E-state index contributed by atoms with van der Waals surface area (Å²) in [5.41, 5.74) is 2.23. The van der Waals surface area contributed by atoms with Gasteiger partial charge in [0, 0.05) is 11.6 Å². The number of hydrogen-bond acceptors (Lipinski definition) is 3. The van der Waals surface area contributed by atoms with Gasteiger partial charge in [-0.2, -0.15) is 13.2 Å². The molecule has 0 aliphatic heterocycles. The van der Waals surface area contributed by atoms with Gasteiger partial charge in [-0.15, -0.1) is 0 Å². The smallest absolute Gasteiger partial charge is 0.361 e. The molecule has 0 bridgehead atoms. The predicted molar refractivity (Wildman–Crippen MR) is 91.5 cm³/mol. The summed E-state index contributed by atoms with van der Waals surface area (Å²) in [6.45, 7) is 6.80. The van der Waals surface area contributed by atoms with Crippen molar-refractivity contribution in [2.24, 2.45) is 0 Å². The number of rotatable bonds is 8. The highest BCUT2D eigenvalue weighted by Crippen LogP contribution is 2.29. The molecule has 0 saturated carbocycles. The maximum atomic E-state index is 12.7. The van der Waals surface area contributed by atoms with Gasteiger partial charge in [0.1, 0.15) is 5.76 Å². The summed E-state index contributed by atoms with van der Waals surface area (Å²) >= 11 is 0. The number of halogens is 3. The highest BCUT2D eigenvalue weighted by molar-refractivity contribution is 5.25. The molecular formula is C19H25F3N2O. The second-order valence-electron chi connectivity index (χ2n) is 6.52. The van der Waals surface area contributed by atoms with E-state index in [1.165, 1.54) is 12.1 Å². The van der Waals surface area contributed by atoms with Crippen molar-refractivity contribution in [3.05, 3.63) is 52.4 Å². The van der Waals surface area contributed by atoms with Crippen LogP contribution in [0.3, 0.4) is 0 Å². The fourth-order valence-electron chi connectivity index (χ4n) is 2.88. The van der Waals surface area contributed by atoms with Gasteiger partial charge in [0.2, 0.25) is 0 Å². The summed E-state index contributed by atoms with van der Waals surface area (Å²) in [7, 11) is 0. The molecule has 0 spiro atoms. The van der Waals surface area contributed by atoms with Crippen molar-refractivity contribution in [3.63, 3.8) is 0 Å². The van der Waals surface area contributed by atoms with Crippen molar-refractivity contribution in [1.82, 2.24) is 10.5 Å². The van der Waals surface area contributed by atoms with Gasteiger partial charge in [0.05, 0.1) is 11.3 Å². The molecule has 1 heterocycles.